The Morgan fingerprint density at radius 2 is 1.89 bits per heavy atom. The van der Waals surface area contributed by atoms with Crippen molar-refractivity contribution in [3.05, 3.63) is 81.8 Å². The van der Waals surface area contributed by atoms with Gasteiger partial charge in [0.15, 0.2) is 0 Å². The summed E-state index contributed by atoms with van der Waals surface area (Å²) < 4.78 is 19.0. The summed E-state index contributed by atoms with van der Waals surface area (Å²) in [4.78, 5) is 26.8. The topological polar surface area (TPSA) is 46.6 Å². The van der Waals surface area contributed by atoms with Gasteiger partial charge in [0.25, 0.3) is 0 Å². The highest BCUT2D eigenvalue weighted by atomic mass is 35.5. The Kier molecular flexibility index (Phi) is 5.61. The lowest BCUT2D eigenvalue weighted by molar-refractivity contribution is -0.138. The van der Waals surface area contributed by atoms with Crippen molar-refractivity contribution in [1.82, 2.24) is 4.90 Å². The third kappa shape index (κ3) is 3.74. The van der Waals surface area contributed by atoms with Crippen LogP contribution in [0.5, 0.6) is 0 Å². The van der Waals surface area contributed by atoms with Gasteiger partial charge in [-0.05, 0) is 24.6 Å². The van der Waals surface area contributed by atoms with E-state index in [4.69, 9.17) is 16.3 Å². The van der Waals surface area contributed by atoms with E-state index in [1.807, 2.05) is 6.07 Å². The van der Waals surface area contributed by atoms with Crippen LogP contribution in [0.3, 0.4) is 0 Å². The summed E-state index contributed by atoms with van der Waals surface area (Å²) in [6.07, 6.45) is 0.0555. The molecule has 0 saturated heterocycles. The summed E-state index contributed by atoms with van der Waals surface area (Å²) in [7, 11) is 1.30. The van der Waals surface area contributed by atoms with Crippen molar-refractivity contribution in [3.8, 4) is 0 Å². The van der Waals surface area contributed by atoms with Crippen LogP contribution in [0.25, 0.3) is 0 Å². The van der Waals surface area contributed by atoms with Crippen LogP contribution in [0.1, 0.15) is 30.4 Å². The van der Waals surface area contributed by atoms with E-state index in [1.54, 1.807) is 43.3 Å². The van der Waals surface area contributed by atoms with Crippen LogP contribution in [-0.4, -0.2) is 23.9 Å². The number of methoxy groups -OCH3 is 1. The van der Waals surface area contributed by atoms with E-state index >= 15 is 0 Å². The Bertz CT molecular complexity index is 925. The molecule has 0 N–H and O–H groups in total. The number of hydrogen-bond acceptors (Lipinski definition) is 3. The Morgan fingerprint density at radius 1 is 1.22 bits per heavy atom. The molecule has 1 amide bonds. The van der Waals surface area contributed by atoms with Crippen molar-refractivity contribution in [2.75, 3.05) is 7.11 Å². The molecule has 3 rings (SSSR count). The molecule has 1 heterocycles. The molecule has 6 heteroatoms. The molecule has 0 aromatic heterocycles. The first-order valence-electron chi connectivity index (χ1n) is 8.51. The van der Waals surface area contributed by atoms with Crippen molar-refractivity contribution in [2.24, 2.45) is 0 Å². The van der Waals surface area contributed by atoms with E-state index in [1.165, 1.54) is 18.1 Å². The average Bonchev–Trinajstić information content (AvgIpc) is 2.66. The van der Waals surface area contributed by atoms with Gasteiger partial charge in [-0.3, -0.25) is 4.79 Å². The number of hydrogen-bond donors (Lipinski definition) is 0. The molecule has 27 heavy (non-hydrogen) atoms. The normalized spacial score (nSPS) is 17.3. The second kappa shape index (κ2) is 7.92. The third-order valence-corrected chi connectivity index (χ3v) is 5.14. The standard InChI is InChI=1S/C21H19ClFNO3/c1-13-20(21(26)27-2)16(15-8-4-5-9-17(15)22)11-19(25)24(13)12-14-7-3-6-10-18(14)23/h3-10,16H,11-12H2,1-2H3/t16-/m0/s1. The molecule has 0 radical (unpaired) electrons. The van der Waals surface area contributed by atoms with Gasteiger partial charge in [-0.1, -0.05) is 48.0 Å². The molecule has 0 bridgehead atoms. The maximum absolute atomic E-state index is 14.1. The molecule has 0 fully saturated rings. The van der Waals surface area contributed by atoms with Crippen LogP contribution in [0.15, 0.2) is 59.8 Å². The molecule has 1 atom stereocenters. The fourth-order valence-electron chi connectivity index (χ4n) is 3.40. The minimum Gasteiger partial charge on any atom is -0.466 e. The lowest BCUT2D eigenvalue weighted by Crippen LogP contribution is -2.38. The lowest BCUT2D eigenvalue weighted by atomic mass is 9.83. The molecular weight excluding hydrogens is 369 g/mol. The van der Waals surface area contributed by atoms with Crippen LogP contribution < -0.4 is 0 Å². The van der Waals surface area contributed by atoms with E-state index in [0.29, 0.717) is 27.4 Å². The molecule has 140 valence electrons. The van der Waals surface area contributed by atoms with Crippen molar-refractivity contribution >= 4 is 23.5 Å². The van der Waals surface area contributed by atoms with Crippen molar-refractivity contribution in [1.29, 1.82) is 0 Å². The SMILES string of the molecule is COC(=O)C1=C(C)N(Cc2ccccc2F)C(=O)C[C@H]1c1ccccc1Cl. The molecule has 1 aliphatic heterocycles. The zero-order valence-electron chi connectivity index (χ0n) is 15.0. The lowest BCUT2D eigenvalue weighted by Gasteiger charge is -2.34. The van der Waals surface area contributed by atoms with Crippen LogP contribution in [0, 0.1) is 5.82 Å². The molecular formula is C21H19ClFNO3. The van der Waals surface area contributed by atoms with Gasteiger partial charge in [-0.25, -0.2) is 9.18 Å². The van der Waals surface area contributed by atoms with Crippen molar-refractivity contribution < 1.29 is 18.7 Å². The predicted molar refractivity (Wildman–Crippen MR) is 100 cm³/mol. The van der Waals surface area contributed by atoms with Crippen LogP contribution >= 0.6 is 11.6 Å². The van der Waals surface area contributed by atoms with Gasteiger partial charge in [0.1, 0.15) is 5.82 Å². The Labute approximate surface area is 162 Å². The molecule has 2 aromatic carbocycles. The number of benzene rings is 2. The van der Waals surface area contributed by atoms with Gasteiger partial charge >= 0.3 is 5.97 Å². The number of nitrogens with zero attached hydrogens (tertiary/aromatic N) is 1. The zero-order valence-corrected chi connectivity index (χ0v) is 15.8. The van der Waals surface area contributed by atoms with Crippen LogP contribution in [-0.2, 0) is 20.9 Å². The first-order chi connectivity index (χ1) is 12.9. The van der Waals surface area contributed by atoms with E-state index in [9.17, 15) is 14.0 Å². The maximum Gasteiger partial charge on any atom is 0.336 e. The molecule has 0 saturated carbocycles. The number of halogens is 2. The summed E-state index contributed by atoms with van der Waals surface area (Å²) in [5, 5.41) is 0.479. The zero-order chi connectivity index (χ0) is 19.6. The van der Waals surface area contributed by atoms with E-state index in [2.05, 4.69) is 0 Å². The first kappa shape index (κ1) is 19.1. The van der Waals surface area contributed by atoms with E-state index in [-0.39, 0.29) is 18.9 Å². The van der Waals surface area contributed by atoms with Crippen LogP contribution in [0.4, 0.5) is 4.39 Å². The van der Waals surface area contributed by atoms with Gasteiger partial charge < -0.3 is 9.64 Å². The van der Waals surface area contributed by atoms with Crippen molar-refractivity contribution in [3.63, 3.8) is 0 Å². The number of carbonyl (C=O) groups is 2. The van der Waals surface area contributed by atoms with Crippen molar-refractivity contribution in [2.45, 2.75) is 25.8 Å². The summed E-state index contributed by atoms with van der Waals surface area (Å²) in [5.41, 5.74) is 1.89. The number of amides is 1. The summed E-state index contributed by atoms with van der Waals surface area (Å²) in [6.45, 7) is 1.72. The second-order valence-electron chi connectivity index (χ2n) is 6.34. The third-order valence-electron chi connectivity index (χ3n) is 4.80. The Balaban J connectivity index is 2.07. The number of carbonyl (C=O) groups excluding carboxylic acids is 2. The molecule has 1 aliphatic rings. The fourth-order valence-corrected chi connectivity index (χ4v) is 3.67. The highest BCUT2D eigenvalue weighted by Gasteiger charge is 2.37. The monoisotopic (exact) mass is 387 g/mol. The van der Waals surface area contributed by atoms with Gasteiger partial charge in [0, 0.05) is 28.6 Å². The molecule has 4 nitrogen and oxygen atoms in total. The average molecular weight is 388 g/mol. The molecule has 2 aromatic rings. The highest BCUT2D eigenvalue weighted by molar-refractivity contribution is 6.31. The van der Waals surface area contributed by atoms with Gasteiger partial charge in [-0.2, -0.15) is 0 Å². The van der Waals surface area contributed by atoms with Gasteiger partial charge in [-0.15, -0.1) is 0 Å². The maximum atomic E-state index is 14.1. The van der Waals surface area contributed by atoms with E-state index < -0.39 is 17.7 Å². The fraction of sp³-hybridized carbons (Fsp3) is 0.238. The number of allylic oxidation sites excluding steroid dienone is 1. The molecule has 0 spiro atoms. The quantitative estimate of drug-likeness (QED) is 0.728. The summed E-state index contributed by atoms with van der Waals surface area (Å²) in [5.74, 6) is -1.63. The largest absolute Gasteiger partial charge is 0.466 e. The number of esters is 1. The van der Waals surface area contributed by atoms with Gasteiger partial charge in [0.05, 0.1) is 19.2 Å². The van der Waals surface area contributed by atoms with E-state index in [0.717, 1.165) is 0 Å². The molecule has 0 unspecified atom stereocenters. The highest BCUT2D eigenvalue weighted by Crippen LogP contribution is 2.40. The minimum atomic E-state index is -0.525. The summed E-state index contributed by atoms with van der Waals surface area (Å²) in [6, 6.07) is 13.4. The minimum absolute atomic E-state index is 0.0487. The number of rotatable bonds is 4. The first-order valence-corrected chi connectivity index (χ1v) is 8.89. The molecule has 0 aliphatic carbocycles. The van der Waals surface area contributed by atoms with Gasteiger partial charge in [0.2, 0.25) is 5.91 Å². The van der Waals surface area contributed by atoms with Crippen LogP contribution in [0.2, 0.25) is 5.02 Å². The summed E-state index contributed by atoms with van der Waals surface area (Å²) >= 11 is 6.30. The Morgan fingerprint density at radius 3 is 2.56 bits per heavy atom. The second-order valence-corrected chi connectivity index (χ2v) is 6.75. The smallest absolute Gasteiger partial charge is 0.336 e. The predicted octanol–water partition coefficient (Wildman–Crippen LogP) is 4.44. The number of ether oxygens (including phenoxy) is 1. The Hall–Kier alpha value is -2.66.